The third-order valence-corrected chi connectivity index (χ3v) is 2.82. The van der Waals surface area contributed by atoms with Crippen LogP contribution >= 0.6 is 0 Å². The van der Waals surface area contributed by atoms with Crippen molar-refractivity contribution in [3.63, 3.8) is 0 Å². The minimum Gasteiger partial charge on any atom is -0.508 e. The van der Waals surface area contributed by atoms with E-state index in [1.165, 1.54) is 7.11 Å². The molecular formula is C13H15NO3. The van der Waals surface area contributed by atoms with Gasteiger partial charge in [-0.25, -0.2) is 0 Å². The first-order chi connectivity index (χ1) is 8.11. The summed E-state index contributed by atoms with van der Waals surface area (Å²) >= 11 is 0. The molecular weight excluding hydrogens is 218 g/mol. The highest BCUT2D eigenvalue weighted by Crippen LogP contribution is 2.25. The fourth-order valence-electron chi connectivity index (χ4n) is 2.05. The number of aromatic nitrogens is 1. The van der Waals surface area contributed by atoms with Gasteiger partial charge < -0.3 is 14.4 Å². The first kappa shape index (κ1) is 11.5. The number of carbonyl (C=O) groups excluding carboxylic acids is 1. The van der Waals surface area contributed by atoms with Crippen LogP contribution in [0, 0.1) is 6.92 Å². The molecule has 0 bridgehead atoms. The van der Waals surface area contributed by atoms with Crippen LogP contribution in [0.5, 0.6) is 5.75 Å². The summed E-state index contributed by atoms with van der Waals surface area (Å²) < 4.78 is 6.62. The van der Waals surface area contributed by atoms with Gasteiger partial charge in [0.1, 0.15) is 5.75 Å². The maximum atomic E-state index is 11.1. The number of nitrogens with zero attached hydrogens (tertiary/aromatic N) is 1. The molecule has 0 saturated carbocycles. The third kappa shape index (κ3) is 2.25. The topological polar surface area (TPSA) is 51.5 Å². The van der Waals surface area contributed by atoms with E-state index in [0.29, 0.717) is 13.0 Å². The number of rotatable bonds is 3. The van der Waals surface area contributed by atoms with Gasteiger partial charge in [-0.05, 0) is 30.7 Å². The summed E-state index contributed by atoms with van der Waals surface area (Å²) in [5.74, 6) is 0.0454. The van der Waals surface area contributed by atoms with Crippen molar-refractivity contribution >= 4 is 16.9 Å². The standard InChI is InChI=1S/C13H15NO3/c1-9-7-11(15)8-10-3-5-14(13(9)10)6-4-12(16)17-2/h3,5,7-8,15H,4,6H2,1-2H3. The molecule has 0 unspecified atom stereocenters. The van der Waals surface area contributed by atoms with Gasteiger partial charge in [-0.15, -0.1) is 0 Å². The zero-order chi connectivity index (χ0) is 12.4. The number of hydrogen-bond donors (Lipinski definition) is 1. The van der Waals surface area contributed by atoms with Crippen LogP contribution in [0.1, 0.15) is 12.0 Å². The number of carbonyl (C=O) groups is 1. The van der Waals surface area contributed by atoms with Crippen molar-refractivity contribution in [3.05, 3.63) is 30.0 Å². The average Bonchev–Trinajstić information content (AvgIpc) is 2.69. The van der Waals surface area contributed by atoms with Crippen molar-refractivity contribution < 1.29 is 14.6 Å². The largest absolute Gasteiger partial charge is 0.508 e. The molecule has 0 spiro atoms. The number of ether oxygens (including phenoxy) is 1. The van der Waals surface area contributed by atoms with Crippen LogP contribution in [0.2, 0.25) is 0 Å². The van der Waals surface area contributed by atoms with Gasteiger partial charge in [0.05, 0.1) is 19.0 Å². The predicted molar refractivity (Wildman–Crippen MR) is 65.0 cm³/mol. The highest BCUT2D eigenvalue weighted by molar-refractivity contribution is 5.85. The molecule has 0 saturated heterocycles. The van der Waals surface area contributed by atoms with Crippen molar-refractivity contribution in [3.8, 4) is 5.75 Å². The molecule has 17 heavy (non-hydrogen) atoms. The van der Waals surface area contributed by atoms with Gasteiger partial charge >= 0.3 is 5.97 Å². The highest BCUT2D eigenvalue weighted by Gasteiger charge is 2.07. The highest BCUT2D eigenvalue weighted by atomic mass is 16.5. The Hall–Kier alpha value is -1.97. The van der Waals surface area contributed by atoms with Gasteiger partial charge in [-0.2, -0.15) is 0 Å². The van der Waals surface area contributed by atoms with E-state index in [2.05, 4.69) is 4.74 Å². The van der Waals surface area contributed by atoms with Crippen LogP contribution < -0.4 is 0 Å². The maximum Gasteiger partial charge on any atom is 0.307 e. The fraction of sp³-hybridized carbons (Fsp3) is 0.308. The van der Waals surface area contributed by atoms with Gasteiger partial charge in [0.2, 0.25) is 0 Å². The van der Waals surface area contributed by atoms with Crippen molar-refractivity contribution in [1.82, 2.24) is 4.57 Å². The van der Waals surface area contributed by atoms with Gasteiger partial charge in [0.25, 0.3) is 0 Å². The Bertz CT molecular complexity index is 557. The second-order valence-electron chi connectivity index (χ2n) is 4.04. The van der Waals surface area contributed by atoms with Crippen LogP contribution in [-0.2, 0) is 16.1 Å². The summed E-state index contributed by atoms with van der Waals surface area (Å²) in [5.41, 5.74) is 2.04. The second-order valence-corrected chi connectivity index (χ2v) is 4.04. The minimum atomic E-state index is -0.219. The molecule has 4 heteroatoms. The van der Waals surface area contributed by atoms with E-state index in [-0.39, 0.29) is 11.7 Å². The number of hydrogen-bond acceptors (Lipinski definition) is 3. The smallest absolute Gasteiger partial charge is 0.307 e. The summed E-state index contributed by atoms with van der Waals surface area (Å²) in [6.07, 6.45) is 2.26. The van der Waals surface area contributed by atoms with Gasteiger partial charge in [0.15, 0.2) is 0 Å². The van der Waals surface area contributed by atoms with E-state index in [9.17, 15) is 9.90 Å². The lowest BCUT2D eigenvalue weighted by Crippen LogP contribution is -2.06. The predicted octanol–water partition coefficient (Wildman–Crippen LogP) is 2.22. The molecule has 2 aromatic rings. The van der Waals surface area contributed by atoms with Crippen molar-refractivity contribution in [2.75, 3.05) is 7.11 Å². The van der Waals surface area contributed by atoms with Crippen LogP contribution in [-0.4, -0.2) is 22.8 Å². The Kier molecular flexibility index (Phi) is 3.04. The number of fused-ring (bicyclic) bond motifs is 1. The number of phenols is 1. The normalized spacial score (nSPS) is 10.7. The Morgan fingerprint density at radius 3 is 2.94 bits per heavy atom. The molecule has 2 rings (SSSR count). The molecule has 0 aliphatic carbocycles. The molecule has 0 amide bonds. The molecule has 0 aliphatic heterocycles. The second kappa shape index (κ2) is 4.49. The lowest BCUT2D eigenvalue weighted by Gasteiger charge is -2.07. The molecule has 1 aromatic carbocycles. The lowest BCUT2D eigenvalue weighted by molar-refractivity contribution is -0.140. The molecule has 1 N–H and O–H groups in total. The molecule has 1 aromatic heterocycles. The number of aryl methyl sites for hydroxylation is 2. The van der Waals surface area contributed by atoms with Crippen LogP contribution in [0.4, 0.5) is 0 Å². The SMILES string of the molecule is COC(=O)CCn1ccc2cc(O)cc(C)c21. The summed E-state index contributed by atoms with van der Waals surface area (Å²) in [7, 11) is 1.39. The number of methoxy groups -OCH3 is 1. The third-order valence-electron chi connectivity index (χ3n) is 2.82. The van der Waals surface area contributed by atoms with Gasteiger partial charge in [-0.1, -0.05) is 0 Å². The van der Waals surface area contributed by atoms with Gasteiger partial charge in [0, 0.05) is 18.1 Å². The van der Waals surface area contributed by atoms with E-state index >= 15 is 0 Å². The van der Waals surface area contributed by atoms with Crippen molar-refractivity contribution in [1.29, 1.82) is 0 Å². The lowest BCUT2D eigenvalue weighted by atomic mass is 10.1. The Morgan fingerprint density at radius 2 is 2.24 bits per heavy atom. The number of aromatic hydroxyl groups is 1. The van der Waals surface area contributed by atoms with Crippen LogP contribution in [0.25, 0.3) is 10.9 Å². The Labute approximate surface area is 99.4 Å². The van der Waals surface area contributed by atoms with E-state index in [1.54, 1.807) is 12.1 Å². The molecule has 0 atom stereocenters. The zero-order valence-corrected chi connectivity index (χ0v) is 9.93. The number of esters is 1. The minimum absolute atomic E-state index is 0.219. The Morgan fingerprint density at radius 1 is 1.47 bits per heavy atom. The van der Waals surface area contributed by atoms with E-state index in [4.69, 9.17) is 0 Å². The first-order valence-corrected chi connectivity index (χ1v) is 5.47. The fourth-order valence-corrected chi connectivity index (χ4v) is 2.05. The molecule has 4 nitrogen and oxygen atoms in total. The van der Waals surface area contributed by atoms with Crippen LogP contribution in [0.15, 0.2) is 24.4 Å². The van der Waals surface area contributed by atoms with E-state index in [0.717, 1.165) is 16.5 Å². The molecule has 0 aliphatic rings. The van der Waals surface area contributed by atoms with E-state index in [1.807, 2.05) is 23.8 Å². The number of benzene rings is 1. The molecule has 0 fully saturated rings. The van der Waals surface area contributed by atoms with Crippen molar-refractivity contribution in [2.45, 2.75) is 19.9 Å². The summed E-state index contributed by atoms with van der Waals surface area (Å²) in [5, 5.41) is 10.5. The molecule has 90 valence electrons. The first-order valence-electron chi connectivity index (χ1n) is 5.47. The Balaban J connectivity index is 2.33. The average molecular weight is 233 g/mol. The number of phenolic OH excluding ortho intramolecular Hbond substituents is 1. The molecule has 0 radical (unpaired) electrons. The summed E-state index contributed by atoms with van der Waals surface area (Å²) in [6.45, 7) is 2.53. The van der Waals surface area contributed by atoms with Crippen molar-refractivity contribution in [2.24, 2.45) is 0 Å². The summed E-state index contributed by atoms with van der Waals surface area (Å²) in [4.78, 5) is 11.1. The monoisotopic (exact) mass is 233 g/mol. The zero-order valence-electron chi connectivity index (χ0n) is 9.93. The van der Waals surface area contributed by atoms with Crippen LogP contribution in [0.3, 0.4) is 0 Å². The quantitative estimate of drug-likeness (QED) is 0.827. The van der Waals surface area contributed by atoms with Gasteiger partial charge in [-0.3, -0.25) is 4.79 Å². The summed E-state index contributed by atoms with van der Waals surface area (Å²) in [6, 6.07) is 5.37. The van der Waals surface area contributed by atoms with E-state index < -0.39 is 0 Å². The maximum absolute atomic E-state index is 11.1. The molecule has 1 heterocycles.